The van der Waals surface area contributed by atoms with E-state index in [1.165, 1.54) is 36.8 Å². The van der Waals surface area contributed by atoms with Gasteiger partial charge in [0.15, 0.2) is 5.82 Å². The fourth-order valence-corrected chi connectivity index (χ4v) is 7.75. The minimum absolute atomic E-state index is 0.341. The first kappa shape index (κ1) is 27.2. The highest BCUT2D eigenvalue weighted by molar-refractivity contribution is 7.70. The average molecular weight is 577 g/mol. The fourth-order valence-electron chi connectivity index (χ4n) is 6.45. The highest BCUT2D eigenvalue weighted by Gasteiger charge is 2.41. The van der Waals surface area contributed by atoms with E-state index in [1.807, 2.05) is 0 Å². The van der Waals surface area contributed by atoms with E-state index in [-0.39, 0.29) is 0 Å². The third kappa shape index (κ3) is 5.62. The lowest BCUT2D eigenvalue weighted by atomic mass is 10.0. The second kappa shape index (κ2) is 11.1. The molecule has 0 radical (unpaired) electrons. The number of hydrogen-bond acceptors (Lipinski definition) is 8. The third-order valence-corrected chi connectivity index (χ3v) is 10.2. The molecule has 3 aliphatic rings. The van der Waals surface area contributed by atoms with Gasteiger partial charge in [0, 0.05) is 29.1 Å². The number of morpholine rings is 1. The largest absolute Gasteiger partial charge is 0.378 e. The molecule has 2 bridgehead atoms. The zero-order valence-corrected chi connectivity index (χ0v) is 24.5. The minimum Gasteiger partial charge on any atom is -0.378 e. The molecule has 6 rings (SSSR count). The number of ether oxygens (including phenoxy) is 1. The molecule has 2 saturated heterocycles. The first-order chi connectivity index (χ1) is 19.3. The Morgan fingerprint density at radius 2 is 1.75 bits per heavy atom. The van der Waals surface area contributed by atoms with Crippen LogP contribution in [0.2, 0.25) is 5.02 Å². The highest BCUT2D eigenvalue weighted by Crippen LogP contribution is 2.39. The number of aryl methyl sites for hydroxylation is 2. The van der Waals surface area contributed by atoms with E-state index in [2.05, 4.69) is 49.8 Å². The maximum Gasteiger partial charge on any atom is 0.229 e. The fraction of sp³-hybridized carbons (Fsp3) is 0.433. The Kier molecular flexibility index (Phi) is 7.58. The van der Waals surface area contributed by atoms with Gasteiger partial charge in [-0.3, -0.25) is 4.90 Å². The topological polar surface area (TPSA) is 103 Å². The van der Waals surface area contributed by atoms with Crippen LogP contribution in [0.1, 0.15) is 42.4 Å². The van der Waals surface area contributed by atoms with Crippen molar-refractivity contribution in [2.24, 2.45) is 0 Å². The number of nitrogens with one attached hydrogen (secondary N) is 2. The van der Waals surface area contributed by atoms with E-state index < -0.39 is 7.14 Å². The third-order valence-electron chi connectivity index (χ3n) is 8.38. The lowest BCUT2D eigenvalue weighted by Gasteiger charge is -2.40. The molecule has 40 heavy (non-hydrogen) atoms. The van der Waals surface area contributed by atoms with Gasteiger partial charge >= 0.3 is 0 Å². The van der Waals surface area contributed by atoms with E-state index >= 15 is 0 Å². The van der Waals surface area contributed by atoms with Crippen LogP contribution in [0.5, 0.6) is 0 Å². The molecule has 2 unspecified atom stereocenters. The predicted octanol–water partition coefficient (Wildman–Crippen LogP) is 5.85. The number of nitrogens with zero attached hydrogens (tertiary/aromatic N) is 4. The van der Waals surface area contributed by atoms with Crippen LogP contribution >= 0.6 is 18.7 Å². The second-order valence-electron chi connectivity index (χ2n) is 11.4. The van der Waals surface area contributed by atoms with Gasteiger partial charge in [0.05, 0.1) is 36.7 Å². The Morgan fingerprint density at radius 3 is 2.48 bits per heavy atom. The van der Waals surface area contributed by atoms with Gasteiger partial charge in [-0.15, -0.1) is 0 Å². The van der Waals surface area contributed by atoms with Crippen LogP contribution in [-0.4, -0.2) is 59.5 Å². The van der Waals surface area contributed by atoms with Crippen molar-refractivity contribution in [2.75, 3.05) is 37.2 Å². The van der Waals surface area contributed by atoms with E-state index in [0.717, 1.165) is 31.7 Å². The second-order valence-corrected chi connectivity index (χ2v) is 15.0. The molecule has 1 aliphatic carbocycles. The Morgan fingerprint density at radius 1 is 1.00 bits per heavy atom. The number of halogens is 1. The quantitative estimate of drug-likeness (QED) is 0.278. The van der Waals surface area contributed by atoms with Gasteiger partial charge in [-0.1, -0.05) is 17.7 Å². The van der Waals surface area contributed by atoms with Crippen molar-refractivity contribution in [2.45, 2.75) is 56.7 Å². The first-order valence-electron chi connectivity index (χ1n) is 13.9. The van der Waals surface area contributed by atoms with Crippen molar-refractivity contribution in [1.29, 1.82) is 5.26 Å². The van der Waals surface area contributed by atoms with Gasteiger partial charge in [-0.2, -0.15) is 10.2 Å². The van der Waals surface area contributed by atoms with Crippen LogP contribution < -0.4 is 15.9 Å². The van der Waals surface area contributed by atoms with Crippen LogP contribution in [0.4, 0.5) is 23.1 Å². The van der Waals surface area contributed by atoms with Crippen LogP contribution in [0.3, 0.4) is 0 Å². The molecular formula is C30H34ClN6O2P. The summed E-state index contributed by atoms with van der Waals surface area (Å²) in [6.07, 6.45) is 8.59. The van der Waals surface area contributed by atoms with Crippen LogP contribution in [0.15, 0.2) is 42.6 Å². The molecule has 0 amide bonds. The van der Waals surface area contributed by atoms with E-state index in [9.17, 15) is 9.83 Å². The van der Waals surface area contributed by atoms with Gasteiger partial charge in [0.25, 0.3) is 0 Å². The van der Waals surface area contributed by atoms with E-state index in [0.29, 0.717) is 51.5 Å². The monoisotopic (exact) mass is 576 g/mol. The van der Waals surface area contributed by atoms with E-state index in [1.54, 1.807) is 37.7 Å². The summed E-state index contributed by atoms with van der Waals surface area (Å²) in [6.45, 7) is 5.12. The Labute approximate surface area is 240 Å². The predicted molar refractivity (Wildman–Crippen MR) is 160 cm³/mol. The number of anilines is 4. The number of nitriles is 1. The molecule has 2 aliphatic heterocycles. The number of rotatable bonds is 6. The number of benzene rings is 2. The molecule has 1 aromatic heterocycles. The molecule has 10 heteroatoms. The van der Waals surface area contributed by atoms with Crippen molar-refractivity contribution < 1.29 is 9.30 Å². The summed E-state index contributed by atoms with van der Waals surface area (Å²) < 4.78 is 18.8. The summed E-state index contributed by atoms with van der Waals surface area (Å²) in [5.41, 5.74) is 4.79. The summed E-state index contributed by atoms with van der Waals surface area (Å²) in [4.78, 5) is 11.8. The van der Waals surface area contributed by atoms with Crippen molar-refractivity contribution in [3.05, 3.63) is 64.3 Å². The molecule has 3 heterocycles. The molecule has 3 atom stereocenters. The molecular weight excluding hydrogens is 543 g/mol. The maximum absolute atomic E-state index is 12.9. The van der Waals surface area contributed by atoms with Crippen LogP contribution in [0, 0.1) is 11.3 Å². The Hall–Kier alpha value is -2.95. The standard InChI is InChI=1S/C30H34ClN6O2P/c1-40(2,38)28-13-19(15-32)3-12-27(28)35-29-26(31)16-33-30(36-29)34-22-7-4-20-5-8-23(9-6-21(20)14-22)37-24-10-11-25(37)18-39-17-24/h3-4,7,12-14,16,23-25H,5-6,8-11,17-18H2,1-2H3,(H2,33,34,35,36)/t23-,24?,25?/m0/s1. The molecule has 2 N–H and O–H groups in total. The molecule has 208 valence electrons. The smallest absolute Gasteiger partial charge is 0.229 e. The SMILES string of the molecule is CP(C)(=O)c1cc(C#N)ccc1Nc1nc(Nc2ccc3c(c2)CC[C@@H](N2C4CCC2COC4)CC3)ncc1Cl. The lowest BCUT2D eigenvalue weighted by molar-refractivity contribution is -0.0389. The van der Waals surface area contributed by atoms with Crippen molar-refractivity contribution in [3.63, 3.8) is 0 Å². The van der Waals surface area contributed by atoms with Crippen molar-refractivity contribution in [3.8, 4) is 6.07 Å². The number of hydrogen-bond donors (Lipinski definition) is 2. The highest BCUT2D eigenvalue weighted by atomic mass is 35.5. The summed E-state index contributed by atoms with van der Waals surface area (Å²) in [6, 6.07) is 15.5. The number of fused-ring (bicyclic) bond motifs is 3. The van der Waals surface area contributed by atoms with Gasteiger partial charge in [-0.25, -0.2) is 4.98 Å². The summed E-state index contributed by atoms with van der Waals surface area (Å²) in [5, 5.41) is 16.8. The number of aromatic nitrogens is 2. The van der Waals surface area contributed by atoms with Gasteiger partial charge in [0.2, 0.25) is 5.95 Å². The lowest BCUT2D eigenvalue weighted by Crippen LogP contribution is -2.51. The zero-order valence-electron chi connectivity index (χ0n) is 22.9. The summed E-state index contributed by atoms with van der Waals surface area (Å²) in [5.74, 6) is 0.811. The van der Waals surface area contributed by atoms with Gasteiger partial charge < -0.3 is 19.9 Å². The molecule has 2 fully saturated rings. The van der Waals surface area contributed by atoms with E-state index in [4.69, 9.17) is 16.3 Å². The Balaban J connectivity index is 1.18. The molecule has 2 aromatic carbocycles. The van der Waals surface area contributed by atoms with Crippen LogP contribution in [-0.2, 0) is 22.1 Å². The first-order valence-corrected chi connectivity index (χ1v) is 16.9. The molecule has 3 aromatic rings. The normalized spacial score (nSPS) is 22.7. The summed E-state index contributed by atoms with van der Waals surface area (Å²) >= 11 is 6.44. The zero-order chi connectivity index (χ0) is 27.9. The van der Waals surface area contributed by atoms with Crippen molar-refractivity contribution >= 4 is 47.2 Å². The maximum atomic E-state index is 12.9. The average Bonchev–Trinajstić information content (AvgIpc) is 3.08. The molecule has 0 spiro atoms. The van der Waals surface area contributed by atoms with Crippen LogP contribution in [0.25, 0.3) is 0 Å². The summed E-state index contributed by atoms with van der Waals surface area (Å²) in [7, 11) is -2.67. The van der Waals surface area contributed by atoms with Gasteiger partial charge in [-0.05, 0) is 93.3 Å². The molecule has 0 saturated carbocycles. The van der Waals surface area contributed by atoms with Gasteiger partial charge in [0.1, 0.15) is 12.2 Å². The minimum atomic E-state index is -2.67. The van der Waals surface area contributed by atoms with Crippen molar-refractivity contribution in [1.82, 2.24) is 14.9 Å². The Bertz CT molecular complexity index is 1500. The molecule has 8 nitrogen and oxygen atoms in total.